The molecule has 6 heteroatoms. The third-order valence-electron chi connectivity index (χ3n) is 2.29. The minimum Gasteiger partial charge on any atom is -0.368 e. The number of thioether (sulfide) groups is 1. The second-order valence-corrected chi connectivity index (χ2v) is 5.00. The largest absolute Gasteiger partial charge is 0.368 e. The summed E-state index contributed by atoms with van der Waals surface area (Å²) in [5.74, 6) is -0.0301. The van der Waals surface area contributed by atoms with Gasteiger partial charge in [-0.2, -0.15) is 11.8 Å². The normalized spacial score (nSPS) is 14.6. The van der Waals surface area contributed by atoms with E-state index in [0.717, 1.165) is 5.75 Å². The number of primary amides is 1. The maximum absolute atomic E-state index is 11.6. The number of rotatable bonds is 7. The van der Waals surface area contributed by atoms with Gasteiger partial charge in [0.1, 0.15) is 6.04 Å². The molecule has 0 saturated heterocycles. The SMILES string of the molecule is CSCCC(NC(=O)C(N)C(C)C)C(N)=O. The lowest BCUT2D eigenvalue weighted by Gasteiger charge is -2.20. The van der Waals surface area contributed by atoms with Crippen LogP contribution < -0.4 is 16.8 Å². The fraction of sp³-hybridized carbons (Fsp3) is 0.800. The number of carbonyl (C=O) groups excluding carboxylic acids is 2. The van der Waals surface area contributed by atoms with Crippen LogP contribution in [-0.4, -0.2) is 35.9 Å². The first-order valence-corrected chi connectivity index (χ1v) is 6.63. The number of hydrogen-bond acceptors (Lipinski definition) is 4. The highest BCUT2D eigenvalue weighted by Gasteiger charge is 2.23. The van der Waals surface area contributed by atoms with Crippen LogP contribution in [0.5, 0.6) is 0 Å². The van der Waals surface area contributed by atoms with Crippen molar-refractivity contribution in [1.82, 2.24) is 5.32 Å². The second kappa shape index (κ2) is 7.51. The molecule has 2 atom stereocenters. The van der Waals surface area contributed by atoms with Gasteiger partial charge in [0.25, 0.3) is 0 Å². The van der Waals surface area contributed by atoms with E-state index in [1.807, 2.05) is 20.1 Å². The van der Waals surface area contributed by atoms with Crippen molar-refractivity contribution in [3.8, 4) is 0 Å². The lowest BCUT2D eigenvalue weighted by atomic mass is 10.0. The van der Waals surface area contributed by atoms with Crippen molar-refractivity contribution in [2.75, 3.05) is 12.0 Å². The van der Waals surface area contributed by atoms with Crippen LogP contribution in [0, 0.1) is 5.92 Å². The Morgan fingerprint density at radius 1 is 1.38 bits per heavy atom. The van der Waals surface area contributed by atoms with Crippen molar-refractivity contribution < 1.29 is 9.59 Å². The standard InChI is InChI=1S/C10H21N3O2S/c1-6(2)8(11)10(15)13-7(9(12)14)4-5-16-3/h6-8H,4-5,11H2,1-3H3,(H2,12,14)(H,13,15). The average molecular weight is 247 g/mol. The van der Waals surface area contributed by atoms with E-state index in [1.165, 1.54) is 0 Å². The van der Waals surface area contributed by atoms with Gasteiger partial charge in [-0.25, -0.2) is 0 Å². The van der Waals surface area contributed by atoms with Crippen LogP contribution in [0.4, 0.5) is 0 Å². The van der Waals surface area contributed by atoms with E-state index in [9.17, 15) is 9.59 Å². The highest BCUT2D eigenvalue weighted by Crippen LogP contribution is 2.03. The number of hydrogen-bond donors (Lipinski definition) is 3. The summed E-state index contributed by atoms with van der Waals surface area (Å²) in [6.45, 7) is 3.71. The predicted molar refractivity (Wildman–Crippen MR) is 66.9 cm³/mol. The van der Waals surface area contributed by atoms with E-state index >= 15 is 0 Å². The van der Waals surface area contributed by atoms with Crippen molar-refractivity contribution in [2.24, 2.45) is 17.4 Å². The zero-order valence-corrected chi connectivity index (χ0v) is 10.8. The van der Waals surface area contributed by atoms with E-state index in [4.69, 9.17) is 11.5 Å². The summed E-state index contributed by atoms with van der Waals surface area (Å²) in [4.78, 5) is 22.7. The first-order chi connectivity index (χ1) is 7.40. The van der Waals surface area contributed by atoms with E-state index in [0.29, 0.717) is 6.42 Å². The molecule has 0 aliphatic rings. The molecule has 0 rings (SSSR count). The van der Waals surface area contributed by atoms with Crippen molar-refractivity contribution in [2.45, 2.75) is 32.4 Å². The molecule has 0 bridgehead atoms. The summed E-state index contributed by atoms with van der Waals surface area (Å²) < 4.78 is 0. The Kier molecular flexibility index (Phi) is 7.16. The predicted octanol–water partition coefficient (Wildman–Crippen LogP) is -0.307. The molecule has 0 radical (unpaired) electrons. The van der Waals surface area contributed by atoms with Gasteiger partial charge in [0, 0.05) is 0 Å². The van der Waals surface area contributed by atoms with Gasteiger partial charge in [0.15, 0.2) is 0 Å². The minimum absolute atomic E-state index is 0.0362. The molecular formula is C10H21N3O2S. The van der Waals surface area contributed by atoms with E-state index in [-0.39, 0.29) is 11.8 Å². The molecule has 0 saturated carbocycles. The average Bonchev–Trinajstić information content (AvgIpc) is 2.21. The topological polar surface area (TPSA) is 98.2 Å². The third kappa shape index (κ3) is 5.37. The molecule has 0 aromatic carbocycles. The molecule has 0 aliphatic carbocycles. The molecule has 0 aromatic heterocycles. The lowest BCUT2D eigenvalue weighted by molar-refractivity contribution is -0.128. The summed E-state index contributed by atoms with van der Waals surface area (Å²) in [5.41, 5.74) is 10.9. The minimum atomic E-state index is -0.621. The third-order valence-corrected chi connectivity index (χ3v) is 2.94. The van der Waals surface area contributed by atoms with Crippen molar-refractivity contribution in [3.63, 3.8) is 0 Å². The monoisotopic (exact) mass is 247 g/mol. The van der Waals surface area contributed by atoms with Crippen molar-refractivity contribution in [3.05, 3.63) is 0 Å². The van der Waals surface area contributed by atoms with E-state index in [2.05, 4.69) is 5.32 Å². The molecule has 2 unspecified atom stereocenters. The van der Waals surface area contributed by atoms with Gasteiger partial charge in [0.05, 0.1) is 6.04 Å². The Morgan fingerprint density at radius 3 is 2.31 bits per heavy atom. The molecule has 0 spiro atoms. The van der Waals surface area contributed by atoms with Gasteiger partial charge in [-0.15, -0.1) is 0 Å². The summed E-state index contributed by atoms with van der Waals surface area (Å²) in [5, 5.41) is 2.58. The Hall–Kier alpha value is -0.750. The molecule has 0 heterocycles. The van der Waals surface area contributed by atoms with Crippen LogP contribution in [0.15, 0.2) is 0 Å². The maximum Gasteiger partial charge on any atom is 0.240 e. The Balaban J connectivity index is 4.28. The molecule has 94 valence electrons. The van der Waals surface area contributed by atoms with Gasteiger partial charge in [-0.3, -0.25) is 9.59 Å². The fourth-order valence-corrected chi connectivity index (χ4v) is 1.56. The number of nitrogens with one attached hydrogen (secondary N) is 1. The first kappa shape index (κ1) is 15.2. The van der Waals surface area contributed by atoms with Crippen LogP contribution in [0.25, 0.3) is 0 Å². The molecular weight excluding hydrogens is 226 g/mol. The maximum atomic E-state index is 11.6. The van der Waals surface area contributed by atoms with Crippen LogP contribution in [-0.2, 0) is 9.59 Å². The molecule has 5 N–H and O–H groups in total. The summed E-state index contributed by atoms with van der Waals surface area (Å²) in [6, 6.07) is -1.22. The molecule has 5 nitrogen and oxygen atoms in total. The van der Waals surface area contributed by atoms with Crippen LogP contribution >= 0.6 is 11.8 Å². The van der Waals surface area contributed by atoms with Gasteiger partial charge < -0.3 is 16.8 Å². The number of amides is 2. The van der Waals surface area contributed by atoms with Gasteiger partial charge in [0.2, 0.25) is 11.8 Å². The van der Waals surface area contributed by atoms with E-state index in [1.54, 1.807) is 11.8 Å². The second-order valence-electron chi connectivity index (χ2n) is 4.01. The zero-order chi connectivity index (χ0) is 12.7. The first-order valence-electron chi connectivity index (χ1n) is 5.24. The van der Waals surface area contributed by atoms with Gasteiger partial charge in [-0.1, -0.05) is 13.8 Å². The van der Waals surface area contributed by atoms with E-state index < -0.39 is 18.0 Å². The Labute approximate surface area is 101 Å². The summed E-state index contributed by atoms with van der Waals surface area (Å²) in [6.07, 6.45) is 2.47. The fourth-order valence-electron chi connectivity index (χ4n) is 1.09. The smallest absolute Gasteiger partial charge is 0.240 e. The summed E-state index contributed by atoms with van der Waals surface area (Å²) >= 11 is 1.60. The lowest BCUT2D eigenvalue weighted by Crippen LogP contribution is -2.52. The Bertz CT molecular complexity index is 246. The highest BCUT2D eigenvalue weighted by molar-refractivity contribution is 7.98. The van der Waals surface area contributed by atoms with Crippen molar-refractivity contribution >= 4 is 23.6 Å². The molecule has 0 fully saturated rings. The molecule has 0 aromatic rings. The number of carbonyl (C=O) groups is 2. The highest BCUT2D eigenvalue weighted by atomic mass is 32.2. The van der Waals surface area contributed by atoms with Gasteiger partial charge >= 0.3 is 0 Å². The molecule has 16 heavy (non-hydrogen) atoms. The van der Waals surface area contributed by atoms with Gasteiger partial charge in [-0.05, 0) is 24.3 Å². The van der Waals surface area contributed by atoms with Crippen molar-refractivity contribution in [1.29, 1.82) is 0 Å². The zero-order valence-electron chi connectivity index (χ0n) is 10.0. The quantitative estimate of drug-likeness (QED) is 0.575. The number of nitrogens with two attached hydrogens (primary N) is 2. The van der Waals surface area contributed by atoms with Crippen LogP contribution in [0.3, 0.4) is 0 Å². The van der Waals surface area contributed by atoms with Crippen LogP contribution in [0.2, 0.25) is 0 Å². The molecule has 2 amide bonds. The van der Waals surface area contributed by atoms with Crippen LogP contribution in [0.1, 0.15) is 20.3 Å². The summed E-state index contributed by atoms with van der Waals surface area (Å²) in [7, 11) is 0. The molecule has 0 aliphatic heterocycles. The Morgan fingerprint density at radius 2 is 1.94 bits per heavy atom.